The van der Waals surface area contributed by atoms with Gasteiger partial charge >= 0.3 is 0 Å². The van der Waals surface area contributed by atoms with Gasteiger partial charge in [0.15, 0.2) is 0 Å². The zero-order valence-corrected chi connectivity index (χ0v) is 15.4. The molecule has 0 aliphatic rings. The second kappa shape index (κ2) is 7.80. The number of aromatic nitrogens is 1. The minimum Gasteiger partial charge on any atom is -0.463 e. The Morgan fingerprint density at radius 3 is 2.46 bits per heavy atom. The summed E-state index contributed by atoms with van der Waals surface area (Å²) in [5.41, 5.74) is 7.41. The van der Waals surface area contributed by atoms with Crippen molar-refractivity contribution >= 4 is 12.1 Å². The minimum atomic E-state index is -0.276. The van der Waals surface area contributed by atoms with Crippen molar-refractivity contribution in [1.82, 2.24) is 9.99 Å². The van der Waals surface area contributed by atoms with Crippen LogP contribution in [0.5, 0.6) is 0 Å². The Morgan fingerprint density at radius 2 is 1.75 bits per heavy atom. The largest absolute Gasteiger partial charge is 0.463 e. The molecule has 0 saturated carbocycles. The number of rotatable bonds is 5. The monoisotopic (exact) mass is 369 g/mol. The van der Waals surface area contributed by atoms with E-state index in [1.807, 2.05) is 30.3 Å². The van der Waals surface area contributed by atoms with Crippen molar-refractivity contribution in [2.45, 2.75) is 6.92 Å². The molecule has 2 aromatic carbocycles. The van der Waals surface area contributed by atoms with E-state index in [9.17, 15) is 4.79 Å². The van der Waals surface area contributed by atoms with Gasteiger partial charge < -0.3 is 8.98 Å². The molecule has 28 heavy (non-hydrogen) atoms. The fraction of sp³-hybridized carbons (Fsp3) is 0.0435. The molecule has 0 fully saturated rings. The SMILES string of the molecule is Cc1ccc(-c2ccccc2)n1-c1ccc(C(=O)N/N=C/c2ccco2)cc1. The molecule has 1 N–H and O–H groups in total. The molecule has 0 aliphatic carbocycles. The normalized spacial score (nSPS) is 11.0. The molecule has 4 aromatic rings. The van der Waals surface area contributed by atoms with Gasteiger partial charge in [-0.25, -0.2) is 5.43 Å². The predicted molar refractivity (Wildman–Crippen MR) is 110 cm³/mol. The smallest absolute Gasteiger partial charge is 0.271 e. The maximum atomic E-state index is 12.3. The lowest BCUT2D eigenvalue weighted by molar-refractivity contribution is 0.0955. The maximum absolute atomic E-state index is 12.3. The first-order chi connectivity index (χ1) is 13.7. The van der Waals surface area contributed by atoms with Crippen LogP contribution in [0, 0.1) is 6.92 Å². The highest BCUT2D eigenvalue weighted by Gasteiger charge is 2.10. The molecule has 138 valence electrons. The highest BCUT2D eigenvalue weighted by atomic mass is 16.3. The van der Waals surface area contributed by atoms with Gasteiger partial charge in [-0.05, 0) is 61.0 Å². The Balaban J connectivity index is 1.54. The standard InChI is InChI=1S/C23H19N3O2/c1-17-9-14-22(18-6-3-2-4-7-18)26(17)20-12-10-19(11-13-20)23(27)25-24-16-21-8-5-15-28-21/h2-16H,1H3,(H,25,27)/b24-16+. The van der Waals surface area contributed by atoms with Gasteiger partial charge in [-0.3, -0.25) is 4.79 Å². The van der Waals surface area contributed by atoms with E-state index in [0.29, 0.717) is 11.3 Å². The quantitative estimate of drug-likeness (QED) is 0.405. The van der Waals surface area contributed by atoms with Crippen LogP contribution < -0.4 is 5.43 Å². The van der Waals surface area contributed by atoms with E-state index in [4.69, 9.17) is 4.42 Å². The summed E-state index contributed by atoms with van der Waals surface area (Å²) < 4.78 is 7.31. The van der Waals surface area contributed by atoms with E-state index in [1.54, 1.807) is 30.5 Å². The van der Waals surface area contributed by atoms with E-state index in [2.05, 4.69) is 46.3 Å². The van der Waals surface area contributed by atoms with Gasteiger partial charge in [0.2, 0.25) is 0 Å². The van der Waals surface area contributed by atoms with Crippen LogP contribution in [0.25, 0.3) is 16.9 Å². The average molecular weight is 369 g/mol. The highest BCUT2D eigenvalue weighted by molar-refractivity contribution is 5.94. The summed E-state index contributed by atoms with van der Waals surface area (Å²) in [7, 11) is 0. The van der Waals surface area contributed by atoms with Crippen molar-refractivity contribution in [2.75, 3.05) is 0 Å². The van der Waals surface area contributed by atoms with Crippen LogP contribution in [0.15, 0.2) is 94.6 Å². The van der Waals surface area contributed by atoms with Crippen molar-refractivity contribution in [3.63, 3.8) is 0 Å². The molecule has 2 heterocycles. The van der Waals surface area contributed by atoms with Gasteiger partial charge in [-0.15, -0.1) is 0 Å². The van der Waals surface area contributed by atoms with Gasteiger partial charge in [-0.1, -0.05) is 30.3 Å². The first-order valence-electron chi connectivity index (χ1n) is 8.93. The van der Waals surface area contributed by atoms with Gasteiger partial charge in [0, 0.05) is 16.9 Å². The lowest BCUT2D eigenvalue weighted by Gasteiger charge is -2.12. The summed E-state index contributed by atoms with van der Waals surface area (Å²) in [6, 6.07) is 25.4. The van der Waals surface area contributed by atoms with E-state index in [0.717, 1.165) is 22.6 Å². The number of furan rings is 1. The predicted octanol–water partition coefficient (Wildman–Crippen LogP) is 4.81. The number of hydrazone groups is 1. The van der Waals surface area contributed by atoms with Crippen LogP contribution in [-0.2, 0) is 0 Å². The number of carbonyl (C=O) groups excluding carboxylic acids is 1. The zero-order chi connectivity index (χ0) is 19.3. The van der Waals surface area contributed by atoms with Gasteiger partial charge in [0.25, 0.3) is 5.91 Å². The maximum Gasteiger partial charge on any atom is 0.271 e. The molecule has 0 aliphatic heterocycles. The number of amides is 1. The molecule has 5 nitrogen and oxygen atoms in total. The summed E-state index contributed by atoms with van der Waals surface area (Å²) in [6.45, 7) is 2.07. The number of hydrogen-bond donors (Lipinski definition) is 1. The number of nitrogens with one attached hydrogen (secondary N) is 1. The molecule has 4 rings (SSSR count). The number of nitrogens with zero attached hydrogens (tertiary/aromatic N) is 2. The number of benzene rings is 2. The molecule has 5 heteroatoms. The molecule has 1 amide bonds. The van der Waals surface area contributed by atoms with Crippen molar-refractivity contribution in [3.05, 3.63) is 102 Å². The van der Waals surface area contributed by atoms with Crippen molar-refractivity contribution < 1.29 is 9.21 Å². The van der Waals surface area contributed by atoms with Crippen LogP contribution in [0.2, 0.25) is 0 Å². The zero-order valence-electron chi connectivity index (χ0n) is 15.4. The topological polar surface area (TPSA) is 59.5 Å². The summed E-state index contributed by atoms with van der Waals surface area (Å²) in [6.07, 6.45) is 3.01. The van der Waals surface area contributed by atoms with Gasteiger partial charge in [0.05, 0.1) is 18.2 Å². The Morgan fingerprint density at radius 1 is 0.964 bits per heavy atom. The van der Waals surface area contributed by atoms with Crippen LogP contribution in [0.3, 0.4) is 0 Å². The third kappa shape index (κ3) is 3.64. The molecular weight excluding hydrogens is 350 g/mol. The second-order valence-corrected chi connectivity index (χ2v) is 6.32. The third-order valence-corrected chi connectivity index (χ3v) is 4.43. The molecule has 0 atom stereocenters. The van der Waals surface area contributed by atoms with Crippen LogP contribution in [0.1, 0.15) is 21.8 Å². The lowest BCUT2D eigenvalue weighted by Crippen LogP contribution is -2.17. The number of hydrogen-bond acceptors (Lipinski definition) is 3. The Kier molecular flexibility index (Phi) is 4.89. The van der Waals surface area contributed by atoms with Crippen LogP contribution in [-0.4, -0.2) is 16.7 Å². The molecule has 0 unspecified atom stereocenters. The molecule has 0 saturated heterocycles. The summed E-state index contributed by atoms with van der Waals surface area (Å²) >= 11 is 0. The highest BCUT2D eigenvalue weighted by Crippen LogP contribution is 2.26. The fourth-order valence-electron chi connectivity index (χ4n) is 3.06. The van der Waals surface area contributed by atoms with E-state index in [1.165, 1.54) is 6.21 Å². The van der Waals surface area contributed by atoms with Crippen molar-refractivity contribution in [3.8, 4) is 16.9 Å². The number of aryl methyl sites for hydroxylation is 1. The third-order valence-electron chi connectivity index (χ3n) is 4.43. The van der Waals surface area contributed by atoms with Crippen molar-refractivity contribution in [1.29, 1.82) is 0 Å². The minimum absolute atomic E-state index is 0.276. The average Bonchev–Trinajstić information content (AvgIpc) is 3.38. The van der Waals surface area contributed by atoms with Crippen LogP contribution in [0.4, 0.5) is 0 Å². The second-order valence-electron chi connectivity index (χ2n) is 6.32. The molecule has 2 aromatic heterocycles. The summed E-state index contributed by atoms with van der Waals surface area (Å²) in [5, 5.41) is 3.91. The molecule has 0 bridgehead atoms. The van der Waals surface area contributed by atoms with Crippen molar-refractivity contribution in [2.24, 2.45) is 5.10 Å². The fourth-order valence-corrected chi connectivity index (χ4v) is 3.06. The van der Waals surface area contributed by atoms with Crippen LogP contribution >= 0.6 is 0 Å². The Labute approximate surface area is 162 Å². The van der Waals surface area contributed by atoms with Gasteiger partial charge in [0.1, 0.15) is 5.76 Å². The molecular formula is C23H19N3O2. The molecule has 0 radical (unpaired) electrons. The van der Waals surface area contributed by atoms with E-state index >= 15 is 0 Å². The Bertz CT molecular complexity index is 1090. The van der Waals surface area contributed by atoms with Gasteiger partial charge in [-0.2, -0.15) is 5.10 Å². The lowest BCUT2D eigenvalue weighted by atomic mass is 10.1. The summed E-state index contributed by atoms with van der Waals surface area (Å²) in [4.78, 5) is 12.3. The Hall–Kier alpha value is -3.86. The first-order valence-corrected chi connectivity index (χ1v) is 8.93. The van der Waals surface area contributed by atoms with E-state index < -0.39 is 0 Å². The summed E-state index contributed by atoms with van der Waals surface area (Å²) in [5.74, 6) is 0.300. The number of carbonyl (C=O) groups is 1. The van der Waals surface area contributed by atoms with E-state index in [-0.39, 0.29) is 5.91 Å². The first kappa shape index (κ1) is 17.5. The molecule has 0 spiro atoms.